The Morgan fingerprint density at radius 3 is 2.85 bits per heavy atom. The first-order valence-electron chi connectivity index (χ1n) is 6.19. The van der Waals surface area contributed by atoms with E-state index in [9.17, 15) is 14.5 Å². The third kappa shape index (κ3) is 4.17. The molecule has 7 heteroatoms. The molecule has 0 heterocycles. The standard InChI is InChI=1S/C13H16FN3O3/c1-2-13(16,9-15)6-3-7-20-12-5-4-10(14)8-11(12)17(18)19/h4-5,8H,2-3,6-7,16H2,1H3. The Balaban J connectivity index is 2.59. The van der Waals surface area contributed by atoms with Crippen LogP contribution in [0.4, 0.5) is 10.1 Å². The Morgan fingerprint density at radius 1 is 1.60 bits per heavy atom. The second-order valence-corrected chi connectivity index (χ2v) is 4.44. The zero-order valence-electron chi connectivity index (χ0n) is 11.1. The zero-order valence-corrected chi connectivity index (χ0v) is 11.1. The molecule has 1 aromatic carbocycles. The SMILES string of the molecule is CCC(N)(C#N)CCCOc1ccc(F)cc1[N+](=O)[O-]. The van der Waals surface area contributed by atoms with Crippen molar-refractivity contribution in [2.24, 2.45) is 5.73 Å². The molecular formula is C13H16FN3O3. The van der Waals surface area contributed by atoms with Crippen LogP contribution in [0.5, 0.6) is 5.75 Å². The highest BCUT2D eigenvalue weighted by Gasteiger charge is 2.22. The number of nitro benzene ring substituents is 1. The molecule has 20 heavy (non-hydrogen) atoms. The van der Waals surface area contributed by atoms with E-state index in [1.165, 1.54) is 6.07 Å². The molecule has 0 saturated heterocycles. The molecule has 1 unspecified atom stereocenters. The van der Waals surface area contributed by atoms with Crippen LogP contribution in [0.1, 0.15) is 26.2 Å². The summed E-state index contributed by atoms with van der Waals surface area (Å²) in [6.07, 6.45) is 1.42. The molecular weight excluding hydrogens is 265 g/mol. The fourth-order valence-corrected chi connectivity index (χ4v) is 1.64. The van der Waals surface area contributed by atoms with Gasteiger partial charge in [-0.25, -0.2) is 4.39 Å². The van der Waals surface area contributed by atoms with Crippen molar-refractivity contribution in [3.05, 3.63) is 34.1 Å². The molecule has 2 N–H and O–H groups in total. The smallest absolute Gasteiger partial charge is 0.313 e. The third-order valence-electron chi connectivity index (χ3n) is 3.00. The minimum atomic E-state index is -0.905. The summed E-state index contributed by atoms with van der Waals surface area (Å²) in [7, 11) is 0. The average Bonchev–Trinajstić information content (AvgIpc) is 2.44. The minimum Gasteiger partial charge on any atom is -0.487 e. The lowest BCUT2D eigenvalue weighted by Crippen LogP contribution is -2.37. The number of rotatable bonds is 7. The van der Waals surface area contributed by atoms with E-state index in [1.54, 1.807) is 0 Å². The first-order valence-corrected chi connectivity index (χ1v) is 6.19. The van der Waals surface area contributed by atoms with Crippen LogP contribution in [-0.2, 0) is 0 Å². The number of benzene rings is 1. The van der Waals surface area contributed by atoms with Gasteiger partial charge in [0.15, 0.2) is 5.75 Å². The Labute approximate surface area is 116 Å². The largest absolute Gasteiger partial charge is 0.487 e. The molecule has 1 atom stereocenters. The van der Waals surface area contributed by atoms with Crippen LogP contribution in [0.2, 0.25) is 0 Å². The summed E-state index contributed by atoms with van der Waals surface area (Å²) in [6, 6.07) is 5.15. The topological polar surface area (TPSA) is 102 Å². The monoisotopic (exact) mass is 281 g/mol. The molecule has 0 spiro atoms. The average molecular weight is 281 g/mol. The summed E-state index contributed by atoms with van der Waals surface area (Å²) >= 11 is 0. The number of hydrogen-bond donors (Lipinski definition) is 1. The first kappa shape index (κ1) is 15.9. The van der Waals surface area contributed by atoms with Crippen molar-refractivity contribution in [2.45, 2.75) is 31.7 Å². The van der Waals surface area contributed by atoms with E-state index in [4.69, 9.17) is 15.7 Å². The minimum absolute atomic E-state index is 0.00692. The van der Waals surface area contributed by atoms with Crippen LogP contribution in [0.15, 0.2) is 18.2 Å². The lowest BCUT2D eigenvalue weighted by molar-refractivity contribution is -0.386. The summed E-state index contributed by atoms with van der Waals surface area (Å²) < 4.78 is 18.2. The van der Waals surface area contributed by atoms with Gasteiger partial charge in [0, 0.05) is 0 Å². The quantitative estimate of drug-likeness (QED) is 0.470. The number of halogens is 1. The highest BCUT2D eigenvalue weighted by molar-refractivity contribution is 5.46. The van der Waals surface area contributed by atoms with E-state index in [0.29, 0.717) is 19.3 Å². The molecule has 0 aromatic heterocycles. The van der Waals surface area contributed by atoms with Crippen molar-refractivity contribution in [3.8, 4) is 11.8 Å². The molecule has 0 aliphatic rings. The molecule has 0 fully saturated rings. The van der Waals surface area contributed by atoms with Crippen LogP contribution in [0.3, 0.4) is 0 Å². The molecule has 0 aliphatic heterocycles. The van der Waals surface area contributed by atoms with Crippen molar-refractivity contribution in [2.75, 3.05) is 6.61 Å². The first-order chi connectivity index (χ1) is 9.41. The molecule has 1 rings (SSSR count). The van der Waals surface area contributed by atoms with Crippen LogP contribution in [0, 0.1) is 27.3 Å². The molecule has 0 amide bonds. The summed E-state index contributed by atoms with van der Waals surface area (Å²) in [6.45, 7) is 1.99. The summed E-state index contributed by atoms with van der Waals surface area (Å²) in [5.74, 6) is -0.687. The number of nitriles is 1. The Hall–Kier alpha value is -2.20. The Bertz CT molecular complexity index is 530. The van der Waals surface area contributed by atoms with Crippen molar-refractivity contribution in [1.82, 2.24) is 0 Å². The summed E-state index contributed by atoms with van der Waals surface area (Å²) in [5.41, 5.74) is 4.48. The summed E-state index contributed by atoms with van der Waals surface area (Å²) in [5, 5.41) is 19.7. The van der Waals surface area contributed by atoms with E-state index in [-0.39, 0.29) is 12.4 Å². The van der Waals surface area contributed by atoms with Gasteiger partial charge in [-0.05, 0) is 31.4 Å². The maximum atomic E-state index is 12.9. The fourth-order valence-electron chi connectivity index (χ4n) is 1.64. The fraction of sp³-hybridized carbons (Fsp3) is 0.462. The molecule has 0 bridgehead atoms. The Kier molecular flexibility index (Phi) is 5.41. The second kappa shape index (κ2) is 6.82. The number of nitrogens with zero attached hydrogens (tertiary/aromatic N) is 2. The predicted molar refractivity (Wildman–Crippen MR) is 70.6 cm³/mol. The van der Waals surface area contributed by atoms with Gasteiger partial charge in [0.25, 0.3) is 0 Å². The van der Waals surface area contributed by atoms with Gasteiger partial charge in [-0.1, -0.05) is 6.92 Å². The molecule has 1 aromatic rings. The molecule has 0 saturated carbocycles. The van der Waals surface area contributed by atoms with Crippen molar-refractivity contribution in [3.63, 3.8) is 0 Å². The normalized spacial score (nSPS) is 13.3. The van der Waals surface area contributed by atoms with E-state index in [0.717, 1.165) is 12.1 Å². The maximum Gasteiger partial charge on any atom is 0.313 e. The number of nitro groups is 1. The van der Waals surface area contributed by atoms with Crippen molar-refractivity contribution in [1.29, 1.82) is 5.26 Å². The van der Waals surface area contributed by atoms with E-state index >= 15 is 0 Å². The second-order valence-electron chi connectivity index (χ2n) is 4.44. The number of ether oxygens (including phenoxy) is 1. The van der Waals surface area contributed by atoms with Crippen LogP contribution >= 0.6 is 0 Å². The van der Waals surface area contributed by atoms with Gasteiger partial charge in [-0.3, -0.25) is 10.1 Å². The molecule has 0 radical (unpaired) electrons. The van der Waals surface area contributed by atoms with E-state index in [2.05, 4.69) is 0 Å². The zero-order chi connectivity index (χ0) is 15.2. The van der Waals surface area contributed by atoms with Gasteiger partial charge in [0.2, 0.25) is 0 Å². The number of nitrogens with two attached hydrogens (primary N) is 1. The number of hydrogen-bond acceptors (Lipinski definition) is 5. The van der Waals surface area contributed by atoms with Gasteiger partial charge in [0.1, 0.15) is 11.4 Å². The lowest BCUT2D eigenvalue weighted by atomic mass is 9.94. The van der Waals surface area contributed by atoms with Crippen molar-refractivity contribution >= 4 is 5.69 Å². The predicted octanol–water partition coefficient (Wildman–Crippen LogP) is 2.52. The van der Waals surface area contributed by atoms with Crippen LogP contribution < -0.4 is 10.5 Å². The molecule has 6 nitrogen and oxygen atoms in total. The molecule has 0 aliphatic carbocycles. The highest BCUT2D eigenvalue weighted by Crippen LogP contribution is 2.27. The van der Waals surface area contributed by atoms with Gasteiger partial charge >= 0.3 is 5.69 Å². The summed E-state index contributed by atoms with van der Waals surface area (Å²) in [4.78, 5) is 10.1. The van der Waals surface area contributed by atoms with Gasteiger partial charge in [-0.2, -0.15) is 5.26 Å². The van der Waals surface area contributed by atoms with E-state index in [1.807, 2.05) is 13.0 Å². The van der Waals surface area contributed by atoms with Gasteiger partial charge < -0.3 is 10.5 Å². The van der Waals surface area contributed by atoms with Crippen LogP contribution in [-0.4, -0.2) is 17.1 Å². The van der Waals surface area contributed by atoms with Crippen LogP contribution in [0.25, 0.3) is 0 Å². The highest BCUT2D eigenvalue weighted by atomic mass is 19.1. The van der Waals surface area contributed by atoms with Crippen molar-refractivity contribution < 1.29 is 14.1 Å². The third-order valence-corrected chi connectivity index (χ3v) is 3.00. The lowest BCUT2D eigenvalue weighted by Gasteiger charge is -2.18. The van der Waals surface area contributed by atoms with Gasteiger partial charge in [0.05, 0.1) is 23.7 Å². The Morgan fingerprint density at radius 2 is 2.30 bits per heavy atom. The van der Waals surface area contributed by atoms with Gasteiger partial charge in [-0.15, -0.1) is 0 Å². The molecule has 108 valence electrons. The van der Waals surface area contributed by atoms with E-state index < -0.39 is 22.0 Å². The maximum absolute atomic E-state index is 12.9.